The van der Waals surface area contributed by atoms with Crippen molar-refractivity contribution in [1.82, 2.24) is 4.90 Å². The number of rotatable bonds is 0. The molecular weight excluding hydrogens is 310 g/mol. The summed E-state index contributed by atoms with van der Waals surface area (Å²) in [6, 6.07) is 6.41. The fourth-order valence-corrected chi connectivity index (χ4v) is 2.23. The molecule has 0 saturated carbocycles. The quantitative estimate of drug-likeness (QED) is 0.756. The molecule has 0 radical (unpaired) electrons. The topological polar surface area (TPSA) is 93.9 Å². The molecule has 0 bridgehead atoms. The van der Waals surface area contributed by atoms with Gasteiger partial charge in [0.05, 0.1) is 18.3 Å². The number of nitrogens with zero attached hydrogens (tertiary/aromatic N) is 1. The molecule has 3 N–H and O–H groups in total. The maximum absolute atomic E-state index is 12.3. The standard InChI is InChI=1S/C17H25N3O4/c1-17(2,3)24-16(22)20-9-8-12(18)15(21)19-13-6-4-5-7-14(13)23-11-10-20/h4-7,12H,8-11,18H2,1-3H3,(H,19,21). The molecule has 1 heterocycles. The number of carbonyl (C=O) groups excluding carboxylic acids is 2. The number of anilines is 1. The number of fused-ring (bicyclic) bond motifs is 1. The largest absolute Gasteiger partial charge is 0.490 e. The second kappa shape index (κ2) is 7.53. The Bertz CT molecular complexity index is 598. The maximum Gasteiger partial charge on any atom is 0.410 e. The predicted molar refractivity (Wildman–Crippen MR) is 91.0 cm³/mol. The molecule has 0 aromatic heterocycles. The van der Waals surface area contributed by atoms with Gasteiger partial charge < -0.3 is 25.4 Å². The lowest BCUT2D eigenvalue weighted by molar-refractivity contribution is -0.117. The van der Waals surface area contributed by atoms with Crippen molar-refractivity contribution in [2.24, 2.45) is 5.73 Å². The zero-order valence-electron chi connectivity index (χ0n) is 14.4. The van der Waals surface area contributed by atoms with Crippen LogP contribution in [0.3, 0.4) is 0 Å². The van der Waals surface area contributed by atoms with Crippen LogP contribution in [0.2, 0.25) is 0 Å². The Morgan fingerprint density at radius 2 is 2.04 bits per heavy atom. The smallest absolute Gasteiger partial charge is 0.410 e. The molecule has 1 aromatic rings. The van der Waals surface area contributed by atoms with Crippen LogP contribution in [0, 0.1) is 0 Å². The molecule has 1 aromatic carbocycles. The molecule has 0 saturated heterocycles. The summed E-state index contributed by atoms with van der Waals surface area (Å²) in [5, 5.41) is 2.77. The first-order chi connectivity index (χ1) is 11.3. The molecule has 1 unspecified atom stereocenters. The van der Waals surface area contributed by atoms with E-state index in [1.54, 1.807) is 18.2 Å². The molecule has 24 heavy (non-hydrogen) atoms. The Morgan fingerprint density at radius 3 is 2.75 bits per heavy atom. The first-order valence-corrected chi connectivity index (χ1v) is 8.02. The molecule has 0 fully saturated rings. The third-order valence-electron chi connectivity index (χ3n) is 3.46. The number of amides is 2. The van der Waals surface area contributed by atoms with Gasteiger partial charge in [0.2, 0.25) is 5.91 Å². The van der Waals surface area contributed by atoms with E-state index in [4.69, 9.17) is 15.2 Å². The van der Waals surface area contributed by atoms with Crippen LogP contribution in [0.5, 0.6) is 5.75 Å². The minimum atomic E-state index is -0.721. The number of ether oxygens (including phenoxy) is 2. The van der Waals surface area contributed by atoms with Crippen LogP contribution in [0.15, 0.2) is 24.3 Å². The Hall–Kier alpha value is -2.28. The molecule has 1 aliphatic heterocycles. The van der Waals surface area contributed by atoms with Gasteiger partial charge in [0.25, 0.3) is 0 Å². The number of hydrogen-bond donors (Lipinski definition) is 2. The summed E-state index contributed by atoms with van der Waals surface area (Å²) in [7, 11) is 0. The van der Waals surface area contributed by atoms with Gasteiger partial charge in [0, 0.05) is 6.54 Å². The van der Waals surface area contributed by atoms with Crippen molar-refractivity contribution in [2.75, 3.05) is 25.0 Å². The molecule has 0 aliphatic carbocycles. The Kier molecular flexibility index (Phi) is 5.66. The molecule has 7 heteroatoms. The lowest BCUT2D eigenvalue weighted by Crippen LogP contribution is -2.43. The number of para-hydroxylation sites is 2. The third-order valence-corrected chi connectivity index (χ3v) is 3.46. The van der Waals surface area contributed by atoms with Crippen molar-refractivity contribution in [3.05, 3.63) is 24.3 Å². The van der Waals surface area contributed by atoms with E-state index in [0.717, 1.165) is 0 Å². The van der Waals surface area contributed by atoms with E-state index in [-0.39, 0.29) is 5.91 Å². The minimum Gasteiger partial charge on any atom is -0.490 e. The number of benzene rings is 1. The summed E-state index contributed by atoms with van der Waals surface area (Å²) < 4.78 is 11.1. The van der Waals surface area contributed by atoms with E-state index < -0.39 is 17.7 Å². The lowest BCUT2D eigenvalue weighted by Gasteiger charge is -2.27. The first kappa shape index (κ1) is 18.1. The van der Waals surface area contributed by atoms with Crippen LogP contribution >= 0.6 is 0 Å². The summed E-state index contributed by atoms with van der Waals surface area (Å²) in [4.78, 5) is 26.0. The van der Waals surface area contributed by atoms with E-state index in [1.807, 2.05) is 26.8 Å². The SMILES string of the molecule is CC(C)(C)OC(=O)N1CCOc2ccccc2NC(=O)C(N)CC1. The molecular formula is C17H25N3O4. The van der Waals surface area contributed by atoms with Gasteiger partial charge in [-0.05, 0) is 39.3 Å². The van der Waals surface area contributed by atoms with Crippen LogP contribution in [-0.2, 0) is 9.53 Å². The van der Waals surface area contributed by atoms with Crippen LogP contribution in [0.1, 0.15) is 27.2 Å². The fourth-order valence-electron chi connectivity index (χ4n) is 2.23. The summed E-state index contributed by atoms with van der Waals surface area (Å²) in [6.07, 6.45) is -0.0981. The predicted octanol–water partition coefficient (Wildman–Crippen LogP) is 1.97. The van der Waals surface area contributed by atoms with E-state index in [0.29, 0.717) is 37.6 Å². The van der Waals surface area contributed by atoms with Crippen molar-refractivity contribution in [3.8, 4) is 5.75 Å². The normalized spacial score (nSPS) is 19.4. The van der Waals surface area contributed by atoms with Gasteiger partial charge in [-0.25, -0.2) is 4.79 Å². The average molecular weight is 335 g/mol. The van der Waals surface area contributed by atoms with Crippen LogP contribution in [0.25, 0.3) is 0 Å². The molecule has 2 amide bonds. The highest BCUT2D eigenvalue weighted by molar-refractivity contribution is 5.95. The summed E-state index contributed by atoms with van der Waals surface area (Å²) >= 11 is 0. The maximum atomic E-state index is 12.3. The first-order valence-electron chi connectivity index (χ1n) is 8.02. The molecule has 1 aliphatic rings. The van der Waals surface area contributed by atoms with Gasteiger partial charge in [0.15, 0.2) is 0 Å². The number of hydrogen-bond acceptors (Lipinski definition) is 5. The Balaban J connectivity index is 2.15. The van der Waals surface area contributed by atoms with Gasteiger partial charge in [-0.3, -0.25) is 4.79 Å². The second-order valence-corrected chi connectivity index (χ2v) is 6.70. The summed E-state index contributed by atoms with van der Waals surface area (Å²) in [5.41, 5.74) is 5.92. The Morgan fingerprint density at radius 1 is 1.33 bits per heavy atom. The number of carbonyl (C=O) groups is 2. The van der Waals surface area contributed by atoms with E-state index in [2.05, 4.69) is 5.32 Å². The van der Waals surface area contributed by atoms with E-state index in [1.165, 1.54) is 4.90 Å². The van der Waals surface area contributed by atoms with Crippen LogP contribution < -0.4 is 15.8 Å². The van der Waals surface area contributed by atoms with Gasteiger partial charge in [-0.15, -0.1) is 0 Å². The van der Waals surface area contributed by atoms with Crippen molar-refractivity contribution >= 4 is 17.7 Å². The minimum absolute atomic E-state index is 0.293. The summed E-state index contributed by atoms with van der Waals surface area (Å²) in [5.74, 6) is 0.237. The van der Waals surface area contributed by atoms with Gasteiger partial charge in [-0.2, -0.15) is 0 Å². The third kappa shape index (κ3) is 5.13. The van der Waals surface area contributed by atoms with Crippen LogP contribution in [0.4, 0.5) is 10.5 Å². The van der Waals surface area contributed by atoms with Crippen molar-refractivity contribution in [2.45, 2.75) is 38.8 Å². The van der Waals surface area contributed by atoms with Crippen molar-refractivity contribution < 1.29 is 19.1 Å². The zero-order valence-corrected chi connectivity index (χ0v) is 14.4. The number of nitrogens with one attached hydrogen (secondary N) is 1. The molecule has 0 spiro atoms. The van der Waals surface area contributed by atoms with E-state index >= 15 is 0 Å². The molecule has 1 atom stereocenters. The number of nitrogens with two attached hydrogens (primary N) is 1. The fraction of sp³-hybridized carbons (Fsp3) is 0.529. The monoisotopic (exact) mass is 335 g/mol. The van der Waals surface area contributed by atoms with Crippen molar-refractivity contribution in [3.63, 3.8) is 0 Å². The van der Waals surface area contributed by atoms with Gasteiger partial charge >= 0.3 is 6.09 Å². The second-order valence-electron chi connectivity index (χ2n) is 6.70. The van der Waals surface area contributed by atoms with Gasteiger partial charge in [-0.1, -0.05) is 12.1 Å². The van der Waals surface area contributed by atoms with Crippen molar-refractivity contribution in [1.29, 1.82) is 0 Å². The highest BCUT2D eigenvalue weighted by Crippen LogP contribution is 2.24. The highest BCUT2D eigenvalue weighted by Gasteiger charge is 2.25. The highest BCUT2D eigenvalue weighted by atomic mass is 16.6. The summed E-state index contributed by atoms with van der Waals surface area (Å²) in [6.45, 7) is 6.39. The van der Waals surface area contributed by atoms with Crippen LogP contribution in [-0.4, -0.2) is 48.2 Å². The molecule has 7 nitrogen and oxygen atoms in total. The average Bonchev–Trinajstić information content (AvgIpc) is 2.51. The molecule has 2 rings (SSSR count). The zero-order chi connectivity index (χ0) is 17.7. The molecule has 132 valence electrons. The van der Waals surface area contributed by atoms with Gasteiger partial charge in [0.1, 0.15) is 18.0 Å². The van der Waals surface area contributed by atoms with E-state index in [9.17, 15) is 9.59 Å². The Labute approximate surface area is 142 Å². The lowest BCUT2D eigenvalue weighted by atomic mass is 10.2.